The SMILES string of the molecule is CCCCCCCCCCCCCCCCCCCCCC(=O)OC[C@H](COC(=O)CCCCCCCCCCCCCCCCC)OC(=O)CCCCCCCCC. The lowest BCUT2D eigenvalue weighted by Crippen LogP contribution is -2.30. The largest absolute Gasteiger partial charge is 0.462 e. The van der Waals surface area contributed by atoms with Crippen LogP contribution in [0, 0.1) is 0 Å². The predicted octanol–water partition coefficient (Wildman–Crippen LogP) is 17.2. The van der Waals surface area contributed by atoms with Crippen LogP contribution in [0.2, 0.25) is 0 Å². The summed E-state index contributed by atoms with van der Waals surface area (Å²) < 4.78 is 16.7. The molecule has 1 atom stereocenters. The van der Waals surface area contributed by atoms with Gasteiger partial charge in [-0.25, -0.2) is 0 Å². The number of rotatable bonds is 49. The van der Waals surface area contributed by atoms with Crippen molar-refractivity contribution >= 4 is 17.9 Å². The molecule has 0 N–H and O–H groups in total. The number of hydrogen-bond donors (Lipinski definition) is 0. The van der Waals surface area contributed by atoms with Gasteiger partial charge in [0.05, 0.1) is 0 Å². The molecule has 0 aromatic rings. The molecule has 6 nitrogen and oxygen atoms in total. The summed E-state index contributed by atoms with van der Waals surface area (Å²) in [6.07, 6.45) is 52.5. The highest BCUT2D eigenvalue weighted by Gasteiger charge is 2.19. The standard InChI is InChI=1S/C53H102O6/c1-4-7-10-13-16-18-20-22-24-25-26-27-29-31-33-35-38-40-43-46-52(55)58-49-50(59-53(56)47-44-41-36-15-12-9-6-3)48-57-51(54)45-42-39-37-34-32-30-28-23-21-19-17-14-11-8-5-2/h50H,4-49H2,1-3H3/t50-/m0/s1. The molecule has 0 aromatic heterocycles. The van der Waals surface area contributed by atoms with E-state index in [-0.39, 0.29) is 31.1 Å². The monoisotopic (exact) mass is 835 g/mol. The first-order valence-electron chi connectivity index (χ1n) is 26.5. The number of carbonyl (C=O) groups is 3. The molecule has 0 aliphatic heterocycles. The maximum absolute atomic E-state index is 12.7. The van der Waals surface area contributed by atoms with Gasteiger partial charge in [0.1, 0.15) is 13.2 Å². The van der Waals surface area contributed by atoms with Crippen molar-refractivity contribution in [2.75, 3.05) is 13.2 Å². The van der Waals surface area contributed by atoms with E-state index in [4.69, 9.17) is 14.2 Å². The fraction of sp³-hybridized carbons (Fsp3) is 0.943. The van der Waals surface area contributed by atoms with Gasteiger partial charge >= 0.3 is 17.9 Å². The van der Waals surface area contributed by atoms with Crippen molar-refractivity contribution in [1.82, 2.24) is 0 Å². The van der Waals surface area contributed by atoms with Crippen LogP contribution in [0.1, 0.15) is 303 Å². The summed E-state index contributed by atoms with van der Waals surface area (Å²) in [6.45, 7) is 6.65. The van der Waals surface area contributed by atoms with Crippen LogP contribution in [-0.4, -0.2) is 37.2 Å². The van der Waals surface area contributed by atoms with Crippen molar-refractivity contribution in [3.05, 3.63) is 0 Å². The summed E-state index contributed by atoms with van der Waals surface area (Å²) in [6, 6.07) is 0. The first kappa shape index (κ1) is 57.4. The zero-order valence-corrected chi connectivity index (χ0v) is 40.1. The quantitative estimate of drug-likeness (QED) is 0.0345. The first-order chi connectivity index (χ1) is 29.0. The van der Waals surface area contributed by atoms with Crippen molar-refractivity contribution in [1.29, 1.82) is 0 Å². The van der Waals surface area contributed by atoms with Crippen LogP contribution < -0.4 is 0 Å². The lowest BCUT2D eigenvalue weighted by molar-refractivity contribution is -0.167. The minimum Gasteiger partial charge on any atom is -0.462 e. The van der Waals surface area contributed by atoms with E-state index in [0.717, 1.165) is 57.8 Å². The van der Waals surface area contributed by atoms with Gasteiger partial charge in [-0.3, -0.25) is 14.4 Å². The molecule has 0 saturated heterocycles. The molecule has 350 valence electrons. The van der Waals surface area contributed by atoms with E-state index >= 15 is 0 Å². The highest BCUT2D eigenvalue weighted by Crippen LogP contribution is 2.17. The topological polar surface area (TPSA) is 78.9 Å². The van der Waals surface area contributed by atoms with E-state index in [1.807, 2.05) is 0 Å². The van der Waals surface area contributed by atoms with Crippen LogP contribution in [0.25, 0.3) is 0 Å². The number of unbranched alkanes of at least 4 members (excludes halogenated alkanes) is 38. The maximum atomic E-state index is 12.7. The van der Waals surface area contributed by atoms with Gasteiger partial charge in [-0.15, -0.1) is 0 Å². The third kappa shape index (κ3) is 47.3. The molecular formula is C53H102O6. The van der Waals surface area contributed by atoms with E-state index in [0.29, 0.717) is 19.3 Å². The number of esters is 3. The highest BCUT2D eigenvalue weighted by molar-refractivity contribution is 5.71. The van der Waals surface area contributed by atoms with Gasteiger partial charge in [-0.2, -0.15) is 0 Å². The number of carbonyl (C=O) groups excluding carboxylic acids is 3. The third-order valence-corrected chi connectivity index (χ3v) is 12.1. The van der Waals surface area contributed by atoms with Crippen LogP contribution in [0.5, 0.6) is 0 Å². The molecule has 0 radical (unpaired) electrons. The minimum atomic E-state index is -0.758. The fourth-order valence-corrected chi connectivity index (χ4v) is 8.09. The average Bonchev–Trinajstić information content (AvgIpc) is 3.23. The van der Waals surface area contributed by atoms with Crippen molar-refractivity contribution in [3.63, 3.8) is 0 Å². The van der Waals surface area contributed by atoms with Crippen LogP contribution in [-0.2, 0) is 28.6 Å². The van der Waals surface area contributed by atoms with Gasteiger partial charge in [0.25, 0.3) is 0 Å². The molecular weight excluding hydrogens is 733 g/mol. The predicted molar refractivity (Wildman–Crippen MR) is 252 cm³/mol. The Balaban J connectivity index is 4.12. The Morgan fingerprint density at radius 1 is 0.271 bits per heavy atom. The molecule has 0 spiro atoms. The summed E-state index contributed by atoms with van der Waals surface area (Å²) in [5, 5.41) is 0. The van der Waals surface area contributed by atoms with Crippen molar-refractivity contribution in [2.24, 2.45) is 0 Å². The zero-order valence-electron chi connectivity index (χ0n) is 40.1. The summed E-state index contributed by atoms with van der Waals surface area (Å²) in [5.41, 5.74) is 0. The Hall–Kier alpha value is -1.59. The number of hydrogen-bond acceptors (Lipinski definition) is 6. The van der Waals surface area contributed by atoms with Gasteiger partial charge in [-0.1, -0.05) is 265 Å². The Labute approximate surface area is 368 Å². The second-order valence-electron chi connectivity index (χ2n) is 18.2. The smallest absolute Gasteiger partial charge is 0.306 e. The van der Waals surface area contributed by atoms with Crippen LogP contribution in [0.4, 0.5) is 0 Å². The summed E-state index contributed by atoms with van der Waals surface area (Å²) in [7, 11) is 0. The van der Waals surface area contributed by atoms with Gasteiger partial charge < -0.3 is 14.2 Å². The second kappa shape index (κ2) is 49.1. The molecule has 0 rings (SSSR count). The summed E-state index contributed by atoms with van der Waals surface area (Å²) in [5.74, 6) is -0.848. The van der Waals surface area contributed by atoms with Crippen molar-refractivity contribution < 1.29 is 28.6 Å². The summed E-state index contributed by atoms with van der Waals surface area (Å²) in [4.78, 5) is 37.8. The van der Waals surface area contributed by atoms with E-state index in [1.54, 1.807) is 0 Å². The Morgan fingerprint density at radius 3 is 0.678 bits per heavy atom. The highest BCUT2D eigenvalue weighted by atomic mass is 16.6. The molecule has 0 unspecified atom stereocenters. The minimum absolute atomic E-state index is 0.0625. The molecule has 0 fully saturated rings. The van der Waals surface area contributed by atoms with E-state index in [1.165, 1.54) is 205 Å². The maximum Gasteiger partial charge on any atom is 0.306 e. The van der Waals surface area contributed by atoms with E-state index in [9.17, 15) is 14.4 Å². The van der Waals surface area contributed by atoms with Gasteiger partial charge in [0.15, 0.2) is 6.10 Å². The van der Waals surface area contributed by atoms with Crippen LogP contribution in [0.15, 0.2) is 0 Å². The van der Waals surface area contributed by atoms with Crippen molar-refractivity contribution in [2.45, 2.75) is 309 Å². The molecule has 0 amide bonds. The molecule has 0 saturated carbocycles. The van der Waals surface area contributed by atoms with Crippen molar-refractivity contribution in [3.8, 4) is 0 Å². The number of ether oxygens (including phenoxy) is 3. The Morgan fingerprint density at radius 2 is 0.458 bits per heavy atom. The van der Waals surface area contributed by atoms with Gasteiger partial charge in [0, 0.05) is 19.3 Å². The van der Waals surface area contributed by atoms with Crippen LogP contribution in [0.3, 0.4) is 0 Å². The normalized spacial score (nSPS) is 11.8. The molecule has 0 aromatic carbocycles. The molecule has 0 aliphatic rings. The molecule has 59 heavy (non-hydrogen) atoms. The Bertz CT molecular complexity index is 874. The third-order valence-electron chi connectivity index (χ3n) is 12.1. The van der Waals surface area contributed by atoms with E-state index in [2.05, 4.69) is 20.8 Å². The van der Waals surface area contributed by atoms with Gasteiger partial charge in [0.2, 0.25) is 0 Å². The van der Waals surface area contributed by atoms with E-state index < -0.39 is 6.10 Å². The molecule has 0 heterocycles. The fourth-order valence-electron chi connectivity index (χ4n) is 8.09. The van der Waals surface area contributed by atoms with Crippen LogP contribution >= 0.6 is 0 Å². The molecule has 0 aliphatic carbocycles. The lowest BCUT2D eigenvalue weighted by atomic mass is 10.0. The molecule has 6 heteroatoms. The van der Waals surface area contributed by atoms with Gasteiger partial charge in [-0.05, 0) is 19.3 Å². The zero-order chi connectivity index (χ0) is 43.0. The second-order valence-corrected chi connectivity index (χ2v) is 18.2. The lowest BCUT2D eigenvalue weighted by Gasteiger charge is -2.18. The average molecular weight is 835 g/mol. The molecule has 0 bridgehead atoms. The Kier molecular flexibility index (Phi) is 47.7. The summed E-state index contributed by atoms with van der Waals surface area (Å²) >= 11 is 0. The first-order valence-corrected chi connectivity index (χ1v) is 26.5.